The smallest absolute Gasteiger partial charge is 0.0356 e. The molecule has 0 saturated heterocycles. The Morgan fingerprint density at radius 3 is 1.81 bits per heavy atom. The number of rotatable bonds is 8. The first-order valence-corrected chi connectivity index (χ1v) is 10.8. The van der Waals surface area contributed by atoms with Crippen LogP contribution in [0.2, 0.25) is 0 Å². The summed E-state index contributed by atoms with van der Waals surface area (Å²) in [4.78, 5) is 0. The van der Waals surface area contributed by atoms with Crippen molar-refractivity contribution < 1.29 is 0 Å². The average Bonchev–Trinajstić information content (AvgIpc) is 2.84. The summed E-state index contributed by atoms with van der Waals surface area (Å²) in [5, 5.41) is 0. The second-order valence-corrected chi connectivity index (χ2v) is 7.57. The van der Waals surface area contributed by atoms with E-state index in [-0.39, 0.29) is 5.92 Å². The van der Waals surface area contributed by atoms with Crippen molar-refractivity contribution in [3.63, 3.8) is 0 Å². The van der Waals surface area contributed by atoms with E-state index in [4.69, 9.17) is 5.73 Å². The number of allylic oxidation sites excluding steroid dienone is 6. The Hall–Kier alpha value is -3.58. The van der Waals surface area contributed by atoms with E-state index in [1.807, 2.05) is 12.1 Å². The van der Waals surface area contributed by atoms with Gasteiger partial charge in [0.15, 0.2) is 0 Å². The molecule has 0 spiro atoms. The molecular formula is C30H31N. The van der Waals surface area contributed by atoms with Gasteiger partial charge in [-0.25, -0.2) is 0 Å². The van der Waals surface area contributed by atoms with E-state index in [1.54, 1.807) is 0 Å². The summed E-state index contributed by atoms with van der Waals surface area (Å²) in [5.41, 5.74) is 14.2. The summed E-state index contributed by atoms with van der Waals surface area (Å²) in [5.74, 6) is 0.105. The van der Waals surface area contributed by atoms with Gasteiger partial charge in [-0.15, -0.1) is 0 Å². The van der Waals surface area contributed by atoms with Gasteiger partial charge in [-0.2, -0.15) is 0 Å². The Bertz CT molecular complexity index is 1030. The van der Waals surface area contributed by atoms with E-state index in [2.05, 4.69) is 118 Å². The quantitative estimate of drug-likeness (QED) is 0.381. The van der Waals surface area contributed by atoms with Crippen LogP contribution in [-0.2, 0) is 0 Å². The maximum Gasteiger partial charge on any atom is 0.0356 e. The van der Waals surface area contributed by atoms with Crippen LogP contribution >= 0.6 is 0 Å². The van der Waals surface area contributed by atoms with Crippen molar-refractivity contribution in [1.82, 2.24) is 0 Å². The van der Waals surface area contributed by atoms with Crippen molar-refractivity contribution in [2.45, 2.75) is 26.2 Å². The summed E-state index contributed by atoms with van der Waals surface area (Å²) < 4.78 is 0. The Labute approximate surface area is 187 Å². The molecule has 2 N–H and O–H groups in total. The molecule has 0 aliphatic rings. The number of benzene rings is 3. The van der Waals surface area contributed by atoms with Gasteiger partial charge in [0, 0.05) is 11.6 Å². The maximum atomic E-state index is 6.55. The van der Waals surface area contributed by atoms with Crippen LogP contribution in [0.15, 0.2) is 121 Å². The van der Waals surface area contributed by atoms with Crippen LogP contribution in [-0.4, -0.2) is 0 Å². The molecule has 1 nitrogen and oxygen atoms in total. The number of hydrogen-bond donors (Lipinski definition) is 1. The normalized spacial score (nSPS) is 12.5. The molecule has 0 bridgehead atoms. The van der Waals surface area contributed by atoms with Gasteiger partial charge in [0.05, 0.1) is 0 Å². The molecule has 156 valence electrons. The van der Waals surface area contributed by atoms with Crippen molar-refractivity contribution in [3.05, 3.63) is 144 Å². The van der Waals surface area contributed by atoms with Gasteiger partial charge >= 0.3 is 0 Å². The second-order valence-electron chi connectivity index (χ2n) is 7.57. The molecule has 0 saturated carbocycles. The third kappa shape index (κ3) is 5.96. The molecule has 0 radical (unpaired) electrons. The van der Waals surface area contributed by atoms with Gasteiger partial charge in [-0.1, -0.05) is 122 Å². The van der Waals surface area contributed by atoms with Gasteiger partial charge < -0.3 is 5.73 Å². The fourth-order valence-electron chi connectivity index (χ4n) is 3.58. The highest BCUT2D eigenvalue weighted by atomic mass is 14.6. The summed E-state index contributed by atoms with van der Waals surface area (Å²) >= 11 is 0. The van der Waals surface area contributed by atoms with Crippen LogP contribution in [0.25, 0.3) is 11.3 Å². The minimum absolute atomic E-state index is 0.105. The lowest BCUT2D eigenvalue weighted by atomic mass is 9.89. The first kappa shape index (κ1) is 22.1. The fourth-order valence-corrected chi connectivity index (χ4v) is 3.58. The monoisotopic (exact) mass is 405 g/mol. The van der Waals surface area contributed by atoms with Crippen LogP contribution in [0.1, 0.15) is 48.4 Å². The highest BCUT2D eigenvalue weighted by Gasteiger charge is 2.12. The Morgan fingerprint density at radius 2 is 1.32 bits per heavy atom. The molecule has 0 amide bonds. The van der Waals surface area contributed by atoms with Crippen molar-refractivity contribution in [2.75, 3.05) is 0 Å². The van der Waals surface area contributed by atoms with Crippen LogP contribution in [0.5, 0.6) is 0 Å². The fraction of sp³-hybridized carbons (Fsp3) is 0.133. The van der Waals surface area contributed by atoms with Crippen LogP contribution in [0.3, 0.4) is 0 Å². The van der Waals surface area contributed by atoms with Crippen LogP contribution in [0.4, 0.5) is 0 Å². The van der Waals surface area contributed by atoms with Crippen molar-refractivity contribution in [3.8, 4) is 0 Å². The summed E-state index contributed by atoms with van der Waals surface area (Å²) in [6, 6.07) is 29.3. The van der Waals surface area contributed by atoms with Crippen molar-refractivity contribution >= 4 is 11.3 Å². The van der Waals surface area contributed by atoms with E-state index < -0.39 is 0 Å². The summed E-state index contributed by atoms with van der Waals surface area (Å²) in [7, 11) is 0. The van der Waals surface area contributed by atoms with Crippen LogP contribution < -0.4 is 5.73 Å². The predicted octanol–water partition coefficient (Wildman–Crippen LogP) is 7.74. The molecule has 3 aromatic carbocycles. The molecule has 3 aromatic rings. The zero-order chi connectivity index (χ0) is 22.1. The van der Waals surface area contributed by atoms with E-state index in [0.717, 1.165) is 28.8 Å². The molecule has 0 unspecified atom stereocenters. The molecule has 3 rings (SSSR count). The largest absolute Gasteiger partial charge is 0.398 e. The Morgan fingerprint density at radius 1 is 0.806 bits per heavy atom. The molecule has 0 heterocycles. The molecule has 31 heavy (non-hydrogen) atoms. The third-order valence-corrected chi connectivity index (χ3v) is 5.53. The summed E-state index contributed by atoms with van der Waals surface area (Å²) in [6.07, 6.45) is 9.51. The Kier molecular flexibility index (Phi) is 7.84. The van der Waals surface area contributed by atoms with E-state index in [1.165, 1.54) is 16.7 Å². The minimum atomic E-state index is 0.105. The van der Waals surface area contributed by atoms with Gasteiger partial charge in [-0.3, -0.25) is 0 Å². The zero-order valence-corrected chi connectivity index (χ0v) is 18.5. The van der Waals surface area contributed by atoms with E-state index in [9.17, 15) is 0 Å². The Balaban J connectivity index is 1.85. The second kappa shape index (κ2) is 11.0. The average molecular weight is 406 g/mol. The summed E-state index contributed by atoms with van der Waals surface area (Å²) in [6.45, 7) is 8.43. The minimum Gasteiger partial charge on any atom is -0.398 e. The lowest BCUT2D eigenvalue weighted by molar-refractivity contribution is 1.02. The SMILES string of the molecule is C=C(/C=C\C(=C/C)CC)c1ccc(/C(N)=C/C(c2ccccc2)c2ccccc2)cc1. The number of hydrogen-bond acceptors (Lipinski definition) is 1. The molecule has 0 aliphatic heterocycles. The predicted molar refractivity (Wildman–Crippen MR) is 136 cm³/mol. The molecule has 0 aliphatic carbocycles. The van der Waals surface area contributed by atoms with E-state index in [0.29, 0.717) is 0 Å². The molecule has 0 aromatic heterocycles. The van der Waals surface area contributed by atoms with Gasteiger partial charge in [0.2, 0.25) is 0 Å². The van der Waals surface area contributed by atoms with Gasteiger partial charge in [0.1, 0.15) is 0 Å². The van der Waals surface area contributed by atoms with Gasteiger partial charge in [0.25, 0.3) is 0 Å². The van der Waals surface area contributed by atoms with Crippen LogP contribution in [0, 0.1) is 0 Å². The molecular weight excluding hydrogens is 374 g/mol. The topological polar surface area (TPSA) is 26.0 Å². The first-order chi connectivity index (χ1) is 15.1. The molecule has 0 fully saturated rings. The highest BCUT2D eigenvalue weighted by Crippen LogP contribution is 2.28. The zero-order valence-electron chi connectivity index (χ0n) is 18.5. The maximum absolute atomic E-state index is 6.55. The van der Waals surface area contributed by atoms with Crippen molar-refractivity contribution in [1.29, 1.82) is 0 Å². The van der Waals surface area contributed by atoms with Crippen molar-refractivity contribution in [2.24, 2.45) is 5.73 Å². The highest BCUT2D eigenvalue weighted by molar-refractivity contribution is 5.74. The van der Waals surface area contributed by atoms with E-state index >= 15 is 0 Å². The standard InChI is InChI=1S/C30H31N/c1-4-24(5-2)17-16-23(3)25-18-20-28(21-19-25)30(31)22-29(26-12-8-6-9-13-26)27-14-10-7-11-15-27/h4,6-22,29H,3,5,31H2,1-2H3/b17-16-,24-4-,30-22-. The lowest BCUT2D eigenvalue weighted by Crippen LogP contribution is -2.03. The first-order valence-electron chi connectivity index (χ1n) is 10.8. The number of nitrogens with two attached hydrogens (primary N) is 1. The lowest BCUT2D eigenvalue weighted by Gasteiger charge is -2.16. The molecule has 0 atom stereocenters. The molecule has 1 heteroatoms. The third-order valence-electron chi connectivity index (χ3n) is 5.53. The van der Waals surface area contributed by atoms with Gasteiger partial charge in [-0.05, 0) is 47.2 Å².